The molecule has 0 saturated carbocycles. The zero-order valence-electron chi connectivity index (χ0n) is 16.1. The molecule has 0 radical (unpaired) electrons. The highest BCUT2D eigenvalue weighted by Crippen LogP contribution is 2.31. The lowest BCUT2D eigenvalue weighted by Gasteiger charge is -2.17. The van der Waals surface area contributed by atoms with Gasteiger partial charge in [-0.2, -0.15) is 0 Å². The second kappa shape index (κ2) is 9.85. The molecular weight excluding hydrogens is 328 g/mol. The van der Waals surface area contributed by atoms with E-state index in [-0.39, 0.29) is 12.6 Å². The molecule has 2 rings (SSSR count). The highest BCUT2D eigenvalue weighted by atomic mass is 16.5. The van der Waals surface area contributed by atoms with Crippen LogP contribution in [-0.2, 0) is 24.2 Å². The highest BCUT2D eigenvalue weighted by molar-refractivity contribution is 5.72. The van der Waals surface area contributed by atoms with Crippen LogP contribution in [-0.4, -0.2) is 12.6 Å². The summed E-state index contributed by atoms with van der Waals surface area (Å²) in [5, 5.41) is 0. The molecule has 0 aliphatic rings. The standard InChI is InChI=1S/C22H28O4/c1-5-16-12-13-19(17(6-2)14-16)25-15-18-20(24-8-4)10-9-11-21(18)26-22(23)7-3/h9-14H,5-8,15H2,1-4H3. The molecule has 0 amide bonds. The average molecular weight is 356 g/mol. The predicted octanol–water partition coefficient (Wildman–Crippen LogP) is 5.10. The van der Waals surface area contributed by atoms with Gasteiger partial charge in [-0.1, -0.05) is 39.0 Å². The maximum Gasteiger partial charge on any atom is 0.310 e. The van der Waals surface area contributed by atoms with Crippen LogP contribution >= 0.6 is 0 Å². The van der Waals surface area contributed by atoms with Gasteiger partial charge in [-0.15, -0.1) is 0 Å². The summed E-state index contributed by atoms with van der Waals surface area (Å²) in [6, 6.07) is 11.7. The van der Waals surface area contributed by atoms with Gasteiger partial charge in [0.2, 0.25) is 0 Å². The molecule has 2 aromatic rings. The molecule has 0 aromatic heterocycles. The quantitative estimate of drug-likeness (QED) is 0.463. The number of carbonyl (C=O) groups excluding carboxylic acids is 1. The summed E-state index contributed by atoms with van der Waals surface area (Å²) in [6.07, 6.45) is 2.21. The van der Waals surface area contributed by atoms with E-state index in [0.717, 1.165) is 24.2 Å². The Morgan fingerprint density at radius 1 is 0.885 bits per heavy atom. The topological polar surface area (TPSA) is 44.8 Å². The third-order valence-corrected chi connectivity index (χ3v) is 4.19. The summed E-state index contributed by atoms with van der Waals surface area (Å²) in [5.41, 5.74) is 3.21. The second-order valence-corrected chi connectivity index (χ2v) is 5.93. The molecule has 2 aromatic carbocycles. The number of hydrogen-bond acceptors (Lipinski definition) is 4. The molecule has 4 heteroatoms. The molecule has 140 valence electrons. The molecule has 0 bridgehead atoms. The van der Waals surface area contributed by atoms with Crippen molar-refractivity contribution in [3.63, 3.8) is 0 Å². The van der Waals surface area contributed by atoms with Crippen molar-refractivity contribution < 1.29 is 19.0 Å². The van der Waals surface area contributed by atoms with Crippen molar-refractivity contribution in [2.24, 2.45) is 0 Å². The lowest BCUT2D eigenvalue weighted by Crippen LogP contribution is -2.10. The fourth-order valence-electron chi connectivity index (χ4n) is 2.69. The Balaban J connectivity index is 2.28. The van der Waals surface area contributed by atoms with Crippen molar-refractivity contribution in [3.05, 3.63) is 53.1 Å². The van der Waals surface area contributed by atoms with Gasteiger partial charge in [0.15, 0.2) is 0 Å². The van der Waals surface area contributed by atoms with Crippen LogP contribution in [0.25, 0.3) is 0 Å². The molecule has 0 atom stereocenters. The van der Waals surface area contributed by atoms with Crippen LogP contribution in [0, 0.1) is 0 Å². The third-order valence-electron chi connectivity index (χ3n) is 4.19. The van der Waals surface area contributed by atoms with E-state index in [0.29, 0.717) is 24.5 Å². The van der Waals surface area contributed by atoms with Crippen molar-refractivity contribution >= 4 is 5.97 Å². The Hall–Kier alpha value is -2.49. The summed E-state index contributed by atoms with van der Waals surface area (Å²) < 4.78 is 17.3. The fraction of sp³-hybridized carbons (Fsp3) is 0.409. The van der Waals surface area contributed by atoms with Gasteiger partial charge in [-0.05, 0) is 49.1 Å². The van der Waals surface area contributed by atoms with E-state index in [9.17, 15) is 4.79 Å². The number of hydrogen-bond donors (Lipinski definition) is 0. The van der Waals surface area contributed by atoms with Crippen molar-refractivity contribution in [1.29, 1.82) is 0 Å². The second-order valence-electron chi connectivity index (χ2n) is 5.93. The zero-order chi connectivity index (χ0) is 18.9. The Labute approximate surface area is 156 Å². The molecule has 0 spiro atoms. The van der Waals surface area contributed by atoms with Gasteiger partial charge < -0.3 is 14.2 Å². The van der Waals surface area contributed by atoms with Gasteiger partial charge in [-0.25, -0.2) is 0 Å². The predicted molar refractivity (Wildman–Crippen MR) is 103 cm³/mol. The molecule has 0 saturated heterocycles. The smallest absolute Gasteiger partial charge is 0.310 e. The molecule has 0 unspecified atom stereocenters. The molecule has 0 fully saturated rings. The molecule has 0 heterocycles. The van der Waals surface area contributed by atoms with Crippen molar-refractivity contribution in [1.82, 2.24) is 0 Å². The molecular formula is C22H28O4. The number of aryl methyl sites for hydroxylation is 2. The minimum atomic E-state index is -0.276. The van der Waals surface area contributed by atoms with Crippen LogP contribution in [0.3, 0.4) is 0 Å². The van der Waals surface area contributed by atoms with Gasteiger partial charge in [-0.3, -0.25) is 4.79 Å². The summed E-state index contributed by atoms with van der Waals surface area (Å²) in [7, 11) is 0. The summed E-state index contributed by atoms with van der Waals surface area (Å²) in [6.45, 7) is 8.76. The maximum absolute atomic E-state index is 11.7. The number of rotatable bonds is 9. The summed E-state index contributed by atoms with van der Waals surface area (Å²) in [4.78, 5) is 11.7. The third kappa shape index (κ3) is 5.01. The van der Waals surface area contributed by atoms with E-state index in [1.165, 1.54) is 11.1 Å². The van der Waals surface area contributed by atoms with Crippen molar-refractivity contribution in [3.8, 4) is 17.2 Å². The number of carbonyl (C=O) groups is 1. The van der Waals surface area contributed by atoms with E-state index in [2.05, 4.69) is 26.0 Å². The maximum atomic E-state index is 11.7. The number of ether oxygens (including phenoxy) is 3. The van der Waals surface area contributed by atoms with Gasteiger partial charge in [0, 0.05) is 6.42 Å². The highest BCUT2D eigenvalue weighted by Gasteiger charge is 2.15. The van der Waals surface area contributed by atoms with E-state index in [1.807, 2.05) is 25.1 Å². The molecule has 0 aliphatic carbocycles. The van der Waals surface area contributed by atoms with Crippen LogP contribution in [0.2, 0.25) is 0 Å². The van der Waals surface area contributed by atoms with Crippen LogP contribution in [0.1, 0.15) is 50.8 Å². The van der Waals surface area contributed by atoms with Gasteiger partial charge in [0.05, 0.1) is 12.2 Å². The lowest BCUT2D eigenvalue weighted by molar-refractivity contribution is -0.134. The van der Waals surface area contributed by atoms with Gasteiger partial charge >= 0.3 is 5.97 Å². The first-order chi connectivity index (χ1) is 12.6. The van der Waals surface area contributed by atoms with E-state index >= 15 is 0 Å². The minimum Gasteiger partial charge on any atom is -0.493 e. The Bertz CT molecular complexity index is 737. The number of esters is 1. The van der Waals surface area contributed by atoms with Crippen LogP contribution in [0.15, 0.2) is 36.4 Å². The molecule has 0 N–H and O–H groups in total. The Morgan fingerprint density at radius 3 is 2.31 bits per heavy atom. The summed E-state index contributed by atoms with van der Waals surface area (Å²) in [5.74, 6) is 1.74. The Kier molecular flexibility index (Phi) is 7.52. The normalized spacial score (nSPS) is 10.5. The van der Waals surface area contributed by atoms with Crippen molar-refractivity contribution in [2.75, 3.05) is 6.61 Å². The van der Waals surface area contributed by atoms with Crippen molar-refractivity contribution in [2.45, 2.75) is 53.6 Å². The van der Waals surface area contributed by atoms with Crippen LogP contribution in [0.4, 0.5) is 0 Å². The summed E-state index contributed by atoms with van der Waals surface area (Å²) >= 11 is 0. The molecule has 4 nitrogen and oxygen atoms in total. The molecule has 26 heavy (non-hydrogen) atoms. The average Bonchev–Trinajstić information content (AvgIpc) is 2.67. The van der Waals surface area contributed by atoms with Crippen LogP contribution in [0.5, 0.6) is 17.2 Å². The lowest BCUT2D eigenvalue weighted by atomic mass is 10.1. The Morgan fingerprint density at radius 2 is 1.65 bits per heavy atom. The largest absolute Gasteiger partial charge is 0.493 e. The van der Waals surface area contributed by atoms with E-state index in [4.69, 9.17) is 14.2 Å². The first-order valence-electron chi connectivity index (χ1n) is 9.32. The molecule has 0 aliphatic heterocycles. The fourth-order valence-corrected chi connectivity index (χ4v) is 2.69. The van der Waals surface area contributed by atoms with E-state index < -0.39 is 0 Å². The van der Waals surface area contributed by atoms with Gasteiger partial charge in [0.1, 0.15) is 23.9 Å². The minimum absolute atomic E-state index is 0.276. The van der Waals surface area contributed by atoms with Crippen LogP contribution < -0.4 is 14.2 Å². The first-order valence-corrected chi connectivity index (χ1v) is 9.32. The zero-order valence-corrected chi connectivity index (χ0v) is 16.1. The van der Waals surface area contributed by atoms with E-state index in [1.54, 1.807) is 13.0 Å². The number of benzene rings is 2. The van der Waals surface area contributed by atoms with Gasteiger partial charge in [0.25, 0.3) is 0 Å². The first kappa shape index (κ1) is 19.8. The SMILES string of the molecule is CCOc1cccc(OC(=O)CC)c1COc1ccc(CC)cc1CC. The monoisotopic (exact) mass is 356 g/mol.